The normalized spacial score (nSPS) is 22.1. The van der Waals surface area contributed by atoms with Gasteiger partial charge in [0.25, 0.3) is 0 Å². The molecule has 0 radical (unpaired) electrons. The molecule has 88 valence electrons. The van der Waals surface area contributed by atoms with E-state index in [0.29, 0.717) is 11.8 Å². The Kier molecular flexibility index (Phi) is 4.88. The third-order valence-electron chi connectivity index (χ3n) is 2.66. The van der Waals surface area contributed by atoms with Crippen molar-refractivity contribution in [2.24, 2.45) is 0 Å². The van der Waals surface area contributed by atoms with Gasteiger partial charge in [0.1, 0.15) is 0 Å². The number of thioether (sulfide) groups is 1. The third-order valence-corrected chi connectivity index (χ3v) is 5.19. The van der Waals surface area contributed by atoms with E-state index in [9.17, 15) is 4.21 Å². The van der Waals surface area contributed by atoms with Crippen LogP contribution in [0.4, 0.5) is 0 Å². The van der Waals surface area contributed by atoms with Gasteiger partial charge >= 0.3 is 0 Å². The molecule has 2 atom stereocenters. The highest BCUT2D eigenvalue weighted by molar-refractivity contribution is 7.99. The monoisotopic (exact) mass is 255 g/mol. The predicted molar refractivity (Wildman–Crippen MR) is 71.5 cm³/mol. The number of hydrogen-bond donors (Lipinski definition) is 1. The van der Waals surface area contributed by atoms with Crippen LogP contribution in [-0.2, 0) is 10.8 Å². The van der Waals surface area contributed by atoms with Gasteiger partial charge in [0.15, 0.2) is 0 Å². The lowest BCUT2D eigenvalue weighted by Gasteiger charge is -2.10. The summed E-state index contributed by atoms with van der Waals surface area (Å²) in [6.45, 7) is 0.854. The van der Waals surface area contributed by atoms with Crippen LogP contribution < -0.4 is 5.32 Å². The summed E-state index contributed by atoms with van der Waals surface area (Å²) in [5.41, 5.74) is 0. The van der Waals surface area contributed by atoms with Gasteiger partial charge < -0.3 is 5.32 Å². The molecule has 0 aromatic heterocycles. The smallest absolute Gasteiger partial charge is 0.0542 e. The number of benzene rings is 1. The Morgan fingerprint density at radius 3 is 2.88 bits per heavy atom. The second-order valence-corrected chi connectivity index (χ2v) is 6.60. The van der Waals surface area contributed by atoms with Crippen molar-refractivity contribution in [3.8, 4) is 0 Å². The molecule has 0 saturated carbocycles. The number of hydrogen-bond acceptors (Lipinski definition) is 3. The fraction of sp³-hybridized carbons (Fsp3) is 0.500. The van der Waals surface area contributed by atoms with Crippen LogP contribution >= 0.6 is 11.8 Å². The first-order chi connectivity index (χ1) is 7.86. The zero-order valence-electron chi connectivity index (χ0n) is 9.22. The van der Waals surface area contributed by atoms with Crippen molar-refractivity contribution in [3.05, 3.63) is 30.3 Å². The van der Waals surface area contributed by atoms with Crippen LogP contribution in [0.15, 0.2) is 35.2 Å². The molecule has 1 aliphatic heterocycles. The molecular weight excluding hydrogens is 238 g/mol. The van der Waals surface area contributed by atoms with Gasteiger partial charge in [-0.05, 0) is 24.3 Å². The Morgan fingerprint density at radius 1 is 1.38 bits per heavy atom. The SMILES string of the molecule is O=S(CCNC1CCSC1)c1ccccc1. The molecule has 1 fully saturated rings. The Hall–Kier alpha value is -0.320. The summed E-state index contributed by atoms with van der Waals surface area (Å²) < 4.78 is 11.9. The van der Waals surface area contributed by atoms with Gasteiger partial charge in [-0.25, -0.2) is 0 Å². The quantitative estimate of drug-likeness (QED) is 0.871. The van der Waals surface area contributed by atoms with Crippen LogP contribution in [0.5, 0.6) is 0 Å². The second-order valence-electron chi connectivity index (χ2n) is 3.88. The van der Waals surface area contributed by atoms with E-state index in [1.54, 1.807) is 0 Å². The van der Waals surface area contributed by atoms with Gasteiger partial charge in [0.05, 0.1) is 10.8 Å². The van der Waals surface area contributed by atoms with Crippen LogP contribution in [0.1, 0.15) is 6.42 Å². The van der Waals surface area contributed by atoms with E-state index in [-0.39, 0.29) is 0 Å². The number of rotatable bonds is 5. The van der Waals surface area contributed by atoms with E-state index in [1.165, 1.54) is 17.9 Å². The molecular formula is C12H17NOS2. The van der Waals surface area contributed by atoms with Crippen molar-refractivity contribution in [2.75, 3.05) is 23.8 Å². The summed E-state index contributed by atoms with van der Waals surface area (Å²) in [4.78, 5) is 0.935. The minimum Gasteiger partial charge on any atom is -0.312 e. The summed E-state index contributed by atoms with van der Waals surface area (Å²) in [6, 6.07) is 10.3. The van der Waals surface area contributed by atoms with Gasteiger partial charge in [0, 0.05) is 29.0 Å². The van der Waals surface area contributed by atoms with Crippen molar-refractivity contribution in [3.63, 3.8) is 0 Å². The molecule has 1 aromatic rings. The summed E-state index contributed by atoms with van der Waals surface area (Å²) >= 11 is 2.00. The predicted octanol–water partition coefficient (Wildman–Crippen LogP) is 1.89. The fourth-order valence-corrected chi connectivity index (χ4v) is 3.93. The lowest BCUT2D eigenvalue weighted by molar-refractivity contribution is 0.578. The minimum absolute atomic E-state index is 0.637. The zero-order valence-corrected chi connectivity index (χ0v) is 10.9. The largest absolute Gasteiger partial charge is 0.312 e. The lowest BCUT2D eigenvalue weighted by Crippen LogP contribution is -2.31. The highest BCUT2D eigenvalue weighted by Gasteiger charge is 2.14. The van der Waals surface area contributed by atoms with Crippen LogP contribution in [0.2, 0.25) is 0 Å². The molecule has 0 bridgehead atoms. The van der Waals surface area contributed by atoms with Crippen molar-refractivity contribution in [1.82, 2.24) is 5.32 Å². The average Bonchev–Trinajstić information content (AvgIpc) is 2.83. The lowest BCUT2D eigenvalue weighted by atomic mass is 10.3. The Labute approximate surface area is 104 Å². The minimum atomic E-state index is -0.853. The molecule has 0 amide bonds. The standard InChI is InChI=1S/C12H17NOS2/c14-16(12-4-2-1-3-5-12)9-7-13-11-6-8-15-10-11/h1-5,11,13H,6-10H2. The second kappa shape index (κ2) is 6.42. The van der Waals surface area contributed by atoms with Crippen LogP contribution in [0.3, 0.4) is 0 Å². The zero-order chi connectivity index (χ0) is 11.2. The molecule has 2 nitrogen and oxygen atoms in total. The maximum absolute atomic E-state index is 11.9. The molecule has 1 aliphatic rings. The van der Waals surface area contributed by atoms with Gasteiger partial charge in [-0.3, -0.25) is 4.21 Å². The summed E-state index contributed by atoms with van der Waals surface area (Å²) in [5, 5.41) is 3.47. The van der Waals surface area contributed by atoms with E-state index < -0.39 is 10.8 Å². The maximum atomic E-state index is 11.9. The third kappa shape index (κ3) is 3.61. The topological polar surface area (TPSA) is 29.1 Å². The molecule has 1 heterocycles. The van der Waals surface area contributed by atoms with E-state index in [2.05, 4.69) is 5.32 Å². The van der Waals surface area contributed by atoms with Gasteiger partial charge in [-0.2, -0.15) is 11.8 Å². The van der Waals surface area contributed by atoms with E-state index in [0.717, 1.165) is 11.4 Å². The molecule has 4 heteroatoms. The van der Waals surface area contributed by atoms with Crippen molar-refractivity contribution >= 4 is 22.6 Å². The summed E-state index contributed by atoms with van der Waals surface area (Å²) in [5.74, 6) is 3.18. The Bertz CT molecular complexity index is 336. The van der Waals surface area contributed by atoms with Crippen LogP contribution in [0.25, 0.3) is 0 Å². The van der Waals surface area contributed by atoms with Gasteiger partial charge in [0.2, 0.25) is 0 Å². The van der Waals surface area contributed by atoms with Gasteiger partial charge in [-0.15, -0.1) is 0 Å². The van der Waals surface area contributed by atoms with Crippen molar-refractivity contribution in [1.29, 1.82) is 0 Å². The van der Waals surface area contributed by atoms with Crippen molar-refractivity contribution in [2.45, 2.75) is 17.4 Å². The molecule has 2 unspecified atom stereocenters. The maximum Gasteiger partial charge on any atom is 0.0542 e. The fourth-order valence-electron chi connectivity index (χ4n) is 1.74. The first kappa shape index (κ1) is 12.1. The average molecular weight is 255 g/mol. The molecule has 0 spiro atoms. The van der Waals surface area contributed by atoms with Gasteiger partial charge in [-0.1, -0.05) is 18.2 Å². The highest BCUT2D eigenvalue weighted by atomic mass is 32.2. The Balaban J connectivity index is 1.71. The van der Waals surface area contributed by atoms with Crippen LogP contribution in [0, 0.1) is 0 Å². The number of nitrogens with one attached hydrogen (secondary N) is 1. The molecule has 16 heavy (non-hydrogen) atoms. The van der Waals surface area contributed by atoms with E-state index in [4.69, 9.17) is 0 Å². The highest BCUT2D eigenvalue weighted by Crippen LogP contribution is 2.16. The molecule has 2 rings (SSSR count). The molecule has 0 aliphatic carbocycles. The Morgan fingerprint density at radius 2 is 2.19 bits per heavy atom. The van der Waals surface area contributed by atoms with E-state index >= 15 is 0 Å². The molecule has 1 N–H and O–H groups in total. The van der Waals surface area contributed by atoms with Crippen LogP contribution in [-0.4, -0.2) is 34.1 Å². The van der Waals surface area contributed by atoms with E-state index in [1.807, 2.05) is 42.1 Å². The molecule has 1 saturated heterocycles. The molecule has 1 aromatic carbocycles. The first-order valence-corrected chi connectivity index (χ1v) is 8.08. The first-order valence-electron chi connectivity index (χ1n) is 5.61. The summed E-state index contributed by atoms with van der Waals surface area (Å²) in [6.07, 6.45) is 1.25. The van der Waals surface area contributed by atoms with Crippen molar-refractivity contribution < 1.29 is 4.21 Å². The summed E-state index contributed by atoms with van der Waals surface area (Å²) in [7, 11) is -0.853.